The lowest BCUT2D eigenvalue weighted by molar-refractivity contribution is -0.145. The van der Waals surface area contributed by atoms with Gasteiger partial charge in [0.25, 0.3) is 0 Å². The molecule has 1 rings (SSSR count). The molecular formula is C13H19NO3S. The van der Waals surface area contributed by atoms with Crippen LogP contribution in [0.3, 0.4) is 0 Å². The summed E-state index contributed by atoms with van der Waals surface area (Å²) in [6.07, 6.45) is 0.895. The van der Waals surface area contributed by atoms with E-state index in [2.05, 4.69) is 5.32 Å². The molecule has 0 aromatic carbocycles. The summed E-state index contributed by atoms with van der Waals surface area (Å²) in [6, 6.07) is 3.25. The first-order valence-corrected chi connectivity index (χ1v) is 6.80. The second kappa shape index (κ2) is 7.16. The van der Waals surface area contributed by atoms with Gasteiger partial charge >= 0.3 is 5.97 Å². The second-order valence-electron chi connectivity index (χ2n) is 4.53. The van der Waals surface area contributed by atoms with Crippen LogP contribution in [0.15, 0.2) is 17.5 Å². The van der Waals surface area contributed by atoms with Gasteiger partial charge in [-0.3, -0.25) is 4.79 Å². The molecule has 0 unspecified atom stereocenters. The lowest BCUT2D eigenvalue weighted by Crippen LogP contribution is -2.42. The summed E-state index contributed by atoms with van der Waals surface area (Å²) in [7, 11) is 1.33. The van der Waals surface area contributed by atoms with Crippen molar-refractivity contribution in [1.29, 1.82) is 0 Å². The van der Waals surface area contributed by atoms with Crippen molar-refractivity contribution in [2.75, 3.05) is 7.11 Å². The van der Waals surface area contributed by atoms with Gasteiger partial charge in [-0.25, -0.2) is 4.79 Å². The van der Waals surface area contributed by atoms with Crippen molar-refractivity contribution in [3.05, 3.63) is 22.4 Å². The second-order valence-corrected chi connectivity index (χ2v) is 5.56. The third-order valence-corrected chi connectivity index (χ3v) is 3.32. The Balaban J connectivity index is 2.54. The first-order chi connectivity index (χ1) is 8.52. The molecule has 1 aromatic heterocycles. The standard InChI is InChI=1S/C13H19NO3S/c1-9(2)7-11(13(16)17-3)14-12(15)8-10-5-4-6-18-10/h4-6,9,11H,7-8H2,1-3H3,(H,14,15)/t11-/m0/s1. The van der Waals surface area contributed by atoms with Crippen molar-refractivity contribution in [2.45, 2.75) is 32.7 Å². The largest absolute Gasteiger partial charge is 0.467 e. The van der Waals surface area contributed by atoms with Gasteiger partial charge in [0.2, 0.25) is 5.91 Å². The molecule has 0 spiro atoms. The molecule has 4 nitrogen and oxygen atoms in total. The summed E-state index contributed by atoms with van der Waals surface area (Å²) in [5.74, 6) is -0.215. The number of carbonyl (C=O) groups excluding carboxylic acids is 2. The minimum Gasteiger partial charge on any atom is -0.467 e. The number of ether oxygens (including phenoxy) is 1. The Bertz CT molecular complexity index is 387. The van der Waals surface area contributed by atoms with E-state index < -0.39 is 6.04 Å². The van der Waals surface area contributed by atoms with Crippen LogP contribution in [0, 0.1) is 5.92 Å². The van der Waals surface area contributed by atoms with Crippen LogP contribution in [-0.2, 0) is 20.7 Å². The Labute approximate surface area is 111 Å². The number of thiophene rings is 1. The van der Waals surface area contributed by atoms with Crippen LogP contribution >= 0.6 is 11.3 Å². The van der Waals surface area contributed by atoms with E-state index >= 15 is 0 Å². The zero-order valence-corrected chi connectivity index (χ0v) is 11.8. The molecule has 0 radical (unpaired) electrons. The van der Waals surface area contributed by atoms with Crippen LogP contribution in [0.4, 0.5) is 0 Å². The Morgan fingerprint density at radius 3 is 2.67 bits per heavy atom. The van der Waals surface area contributed by atoms with Gasteiger partial charge in [-0.05, 0) is 23.8 Å². The van der Waals surface area contributed by atoms with Gasteiger partial charge in [-0.2, -0.15) is 0 Å². The molecule has 0 bridgehead atoms. The van der Waals surface area contributed by atoms with Gasteiger partial charge in [-0.1, -0.05) is 19.9 Å². The number of hydrogen-bond donors (Lipinski definition) is 1. The number of carbonyl (C=O) groups is 2. The van der Waals surface area contributed by atoms with Crippen LogP contribution < -0.4 is 5.32 Å². The average Bonchev–Trinajstić information content (AvgIpc) is 2.79. The normalized spacial score (nSPS) is 12.2. The molecule has 5 heteroatoms. The van der Waals surface area contributed by atoms with Crippen molar-refractivity contribution in [3.63, 3.8) is 0 Å². The van der Waals surface area contributed by atoms with E-state index in [0.29, 0.717) is 18.8 Å². The molecule has 0 aliphatic carbocycles. The first-order valence-electron chi connectivity index (χ1n) is 5.92. The summed E-state index contributed by atoms with van der Waals surface area (Å²) in [4.78, 5) is 24.3. The van der Waals surface area contributed by atoms with Crippen molar-refractivity contribution in [2.24, 2.45) is 5.92 Å². The predicted molar refractivity (Wildman–Crippen MR) is 71.4 cm³/mol. The number of amides is 1. The monoisotopic (exact) mass is 269 g/mol. The van der Waals surface area contributed by atoms with E-state index in [0.717, 1.165) is 4.88 Å². The first kappa shape index (κ1) is 14.7. The van der Waals surface area contributed by atoms with E-state index in [1.807, 2.05) is 31.4 Å². The summed E-state index contributed by atoms with van der Waals surface area (Å²) in [5.41, 5.74) is 0. The van der Waals surface area contributed by atoms with E-state index in [4.69, 9.17) is 4.74 Å². The predicted octanol–water partition coefficient (Wildman–Crippen LogP) is 1.99. The number of rotatable bonds is 6. The highest BCUT2D eigenvalue weighted by Gasteiger charge is 2.22. The van der Waals surface area contributed by atoms with Gasteiger partial charge < -0.3 is 10.1 Å². The van der Waals surface area contributed by atoms with Crippen LogP contribution in [0.2, 0.25) is 0 Å². The van der Waals surface area contributed by atoms with Crippen molar-refractivity contribution >= 4 is 23.2 Å². The Morgan fingerprint density at radius 1 is 1.44 bits per heavy atom. The summed E-state index contributed by atoms with van der Waals surface area (Å²) >= 11 is 1.53. The fraction of sp³-hybridized carbons (Fsp3) is 0.538. The number of hydrogen-bond acceptors (Lipinski definition) is 4. The third kappa shape index (κ3) is 4.87. The molecule has 1 N–H and O–H groups in total. The number of methoxy groups -OCH3 is 1. The molecule has 1 amide bonds. The lowest BCUT2D eigenvalue weighted by atomic mass is 10.0. The maximum Gasteiger partial charge on any atom is 0.328 e. The SMILES string of the molecule is COC(=O)[C@H](CC(C)C)NC(=O)Cc1cccs1. The maximum absolute atomic E-state index is 11.8. The minimum atomic E-state index is -0.553. The van der Waals surface area contributed by atoms with Gasteiger partial charge in [-0.15, -0.1) is 11.3 Å². The Morgan fingerprint density at radius 2 is 2.17 bits per heavy atom. The van der Waals surface area contributed by atoms with Gasteiger partial charge in [0.15, 0.2) is 0 Å². The van der Waals surface area contributed by atoms with Gasteiger partial charge in [0.1, 0.15) is 6.04 Å². The lowest BCUT2D eigenvalue weighted by Gasteiger charge is -2.18. The highest BCUT2D eigenvalue weighted by molar-refractivity contribution is 7.10. The van der Waals surface area contributed by atoms with Crippen LogP contribution in [0.1, 0.15) is 25.1 Å². The fourth-order valence-electron chi connectivity index (χ4n) is 1.64. The van der Waals surface area contributed by atoms with Gasteiger partial charge in [0.05, 0.1) is 13.5 Å². The van der Waals surface area contributed by atoms with Crippen molar-refractivity contribution in [3.8, 4) is 0 Å². The maximum atomic E-state index is 11.8. The zero-order chi connectivity index (χ0) is 13.5. The molecule has 1 atom stereocenters. The number of esters is 1. The molecule has 1 heterocycles. The van der Waals surface area contributed by atoms with Crippen LogP contribution in [0.5, 0.6) is 0 Å². The summed E-state index contributed by atoms with van der Waals surface area (Å²) in [5, 5.41) is 4.66. The van der Waals surface area contributed by atoms with Crippen molar-refractivity contribution in [1.82, 2.24) is 5.32 Å². The Hall–Kier alpha value is -1.36. The van der Waals surface area contributed by atoms with Gasteiger partial charge in [0, 0.05) is 4.88 Å². The van der Waals surface area contributed by atoms with Crippen molar-refractivity contribution < 1.29 is 14.3 Å². The Kier molecular flexibility index (Phi) is 5.85. The molecule has 0 saturated heterocycles. The van der Waals surface area contributed by atoms with E-state index in [9.17, 15) is 9.59 Å². The van der Waals surface area contributed by atoms with E-state index in [-0.39, 0.29) is 11.9 Å². The zero-order valence-electron chi connectivity index (χ0n) is 10.9. The smallest absolute Gasteiger partial charge is 0.328 e. The summed E-state index contributed by atoms with van der Waals surface area (Å²) in [6.45, 7) is 4.00. The molecule has 0 aliphatic heterocycles. The van der Waals surface area contributed by atoms with Crippen LogP contribution in [-0.4, -0.2) is 25.0 Å². The minimum absolute atomic E-state index is 0.145. The van der Waals surface area contributed by atoms with E-state index in [1.54, 1.807) is 0 Å². The average molecular weight is 269 g/mol. The summed E-state index contributed by atoms with van der Waals surface area (Å²) < 4.78 is 4.70. The van der Waals surface area contributed by atoms with E-state index in [1.165, 1.54) is 18.4 Å². The highest BCUT2D eigenvalue weighted by Crippen LogP contribution is 2.10. The topological polar surface area (TPSA) is 55.4 Å². The molecule has 0 fully saturated rings. The fourth-order valence-corrected chi connectivity index (χ4v) is 2.35. The number of nitrogens with one attached hydrogen (secondary N) is 1. The van der Waals surface area contributed by atoms with Crippen LogP contribution in [0.25, 0.3) is 0 Å². The highest BCUT2D eigenvalue weighted by atomic mass is 32.1. The molecule has 0 aliphatic rings. The molecule has 100 valence electrons. The molecule has 18 heavy (non-hydrogen) atoms. The molecule has 0 saturated carbocycles. The molecular weight excluding hydrogens is 250 g/mol. The molecule has 1 aromatic rings. The third-order valence-electron chi connectivity index (χ3n) is 2.44. The quantitative estimate of drug-likeness (QED) is 0.804.